The van der Waals surface area contributed by atoms with E-state index in [2.05, 4.69) is 27.4 Å². The van der Waals surface area contributed by atoms with Gasteiger partial charge in [-0.15, -0.1) is 0 Å². The smallest absolute Gasteiger partial charge is 0.175 e. The Balaban J connectivity index is 1.81. The van der Waals surface area contributed by atoms with Gasteiger partial charge in [-0.05, 0) is 50.6 Å². The van der Waals surface area contributed by atoms with E-state index in [1.54, 1.807) is 6.07 Å². The molecule has 2 heterocycles. The predicted octanol–water partition coefficient (Wildman–Crippen LogP) is 1.32. The Bertz CT molecular complexity index is 693. The van der Waals surface area contributed by atoms with Gasteiger partial charge in [-0.1, -0.05) is 0 Å². The number of nitrogens with one attached hydrogen (secondary N) is 2. The zero-order chi connectivity index (χ0) is 17.9. The third-order valence-electron chi connectivity index (χ3n) is 5.18. The Hall–Kier alpha value is -1.31. The van der Waals surface area contributed by atoms with Gasteiger partial charge in [0.25, 0.3) is 0 Å². The Kier molecular flexibility index (Phi) is 5.86. The van der Waals surface area contributed by atoms with Crippen LogP contribution < -0.4 is 15.5 Å². The Morgan fingerprint density at radius 3 is 2.44 bits per heavy atom. The van der Waals surface area contributed by atoms with Gasteiger partial charge in [0, 0.05) is 56.9 Å². The van der Waals surface area contributed by atoms with E-state index in [9.17, 15) is 8.42 Å². The largest absolute Gasteiger partial charge is 0.383 e. The average molecular weight is 367 g/mol. The first kappa shape index (κ1) is 18.5. The molecule has 2 fully saturated rings. The van der Waals surface area contributed by atoms with E-state index in [1.165, 1.54) is 32.2 Å². The van der Waals surface area contributed by atoms with Crippen LogP contribution in [0.4, 0.5) is 11.4 Å². The highest BCUT2D eigenvalue weighted by atomic mass is 32.2. The SMILES string of the molecule is Cc1c(NCCN2CCCC2)cc(S(C)(=O)=O)cc1N1CCNCC1. The van der Waals surface area contributed by atoms with Crippen molar-refractivity contribution in [3.8, 4) is 0 Å². The van der Waals surface area contributed by atoms with Crippen molar-refractivity contribution in [2.75, 3.05) is 68.8 Å². The van der Waals surface area contributed by atoms with E-state index in [-0.39, 0.29) is 0 Å². The van der Waals surface area contributed by atoms with Gasteiger partial charge in [0.15, 0.2) is 9.84 Å². The number of anilines is 2. The summed E-state index contributed by atoms with van der Waals surface area (Å²) in [5.41, 5.74) is 3.11. The first-order valence-corrected chi connectivity index (χ1v) is 11.1. The number of piperazine rings is 1. The molecule has 3 rings (SSSR count). The second-order valence-electron chi connectivity index (χ2n) is 7.10. The molecule has 6 nitrogen and oxygen atoms in total. The number of benzene rings is 1. The van der Waals surface area contributed by atoms with Gasteiger partial charge in [-0.25, -0.2) is 8.42 Å². The molecule has 140 valence electrons. The normalized spacial score (nSPS) is 19.4. The minimum Gasteiger partial charge on any atom is -0.383 e. The number of nitrogens with zero attached hydrogens (tertiary/aromatic N) is 2. The molecule has 1 aromatic rings. The van der Waals surface area contributed by atoms with E-state index in [0.29, 0.717) is 4.90 Å². The van der Waals surface area contributed by atoms with Crippen molar-refractivity contribution in [2.24, 2.45) is 0 Å². The highest BCUT2D eigenvalue weighted by Crippen LogP contribution is 2.31. The summed E-state index contributed by atoms with van der Waals surface area (Å²) in [7, 11) is -3.24. The van der Waals surface area contributed by atoms with E-state index in [4.69, 9.17) is 0 Å². The van der Waals surface area contributed by atoms with Crippen molar-refractivity contribution >= 4 is 21.2 Å². The molecule has 0 saturated carbocycles. The summed E-state index contributed by atoms with van der Waals surface area (Å²) < 4.78 is 24.3. The standard InChI is InChI=1S/C18H30N4O2S/c1-15-17(20-7-10-21-8-3-4-9-21)13-16(25(2,23)24)14-18(15)22-11-5-19-6-12-22/h13-14,19-20H,3-12H2,1-2H3. The van der Waals surface area contributed by atoms with Crippen molar-refractivity contribution in [2.45, 2.75) is 24.7 Å². The molecule has 2 aliphatic rings. The minimum atomic E-state index is -3.24. The molecular weight excluding hydrogens is 336 g/mol. The van der Waals surface area contributed by atoms with Crippen LogP contribution in [0.5, 0.6) is 0 Å². The van der Waals surface area contributed by atoms with Crippen LogP contribution in [-0.2, 0) is 9.84 Å². The molecule has 2 aliphatic heterocycles. The van der Waals surface area contributed by atoms with Gasteiger partial charge in [-0.3, -0.25) is 0 Å². The molecule has 0 aliphatic carbocycles. The number of hydrogen-bond acceptors (Lipinski definition) is 6. The lowest BCUT2D eigenvalue weighted by atomic mass is 10.1. The van der Waals surface area contributed by atoms with Crippen LogP contribution in [0, 0.1) is 6.92 Å². The highest BCUT2D eigenvalue weighted by molar-refractivity contribution is 7.90. The maximum absolute atomic E-state index is 12.1. The summed E-state index contributed by atoms with van der Waals surface area (Å²) >= 11 is 0. The van der Waals surface area contributed by atoms with Crippen LogP contribution >= 0.6 is 0 Å². The van der Waals surface area contributed by atoms with Crippen LogP contribution in [-0.4, -0.2) is 71.9 Å². The molecule has 0 spiro atoms. The Morgan fingerprint density at radius 2 is 1.80 bits per heavy atom. The van der Waals surface area contributed by atoms with E-state index in [0.717, 1.165) is 56.2 Å². The Morgan fingerprint density at radius 1 is 1.12 bits per heavy atom. The number of likely N-dealkylation sites (tertiary alicyclic amines) is 1. The molecule has 2 saturated heterocycles. The van der Waals surface area contributed by atoms with Crippen molar-refractivity contribution in [3.05, 3.63) is 17.7 Å². The highest BCUT2D eigenvalue weighted by Gasteiger charge is 2.19. The lowest BCUT2D eigenvalue weighted by Crippen LogP contribution is -2.43. The Labute approximate surface area is 151 Å². The van der Waals surface area contributed by atoms with Gasteiger partial charge < -0.3 is 20.4 Å². The maximum Gasteiger partial charge on any atom is 0.175 e. The van der Waals surface area contributed by atoms with Crippen molar-refractivity contribution < 1.29 is 8.42 Å². The fourth-order valence-electron chi connectivity index (χ4n) is 3.66. The second-order valence-corrected chi connectivity index (χ2v) is 9.12. The molecule has 25 heavy (non-hydrogen) atoms. The number of hydrogen-bond donors (Lipinski definition) is 2. The first-order chi connectivity index (χ1) is 11.9. The molecular formula is C18H30N4O2S. The van der Waals surface area contributed by atoms with E-state index >= 15 is 0 Å². The zero-order valence-electron chi connectivity index (χ0n) is 15.3. The van der Waals surface area contributed by atoms with E-state index < -0.39 is 9.84 Å². The van der Waals surface area contributed by atoms with Crippen LogP contribution in [0.25, 0.3) is 0 Å². The summed E-state index contributed by atoms with van der Waals surface area (Å²) in [6.45, 7) is 9.96. The van der Waals surface area contributed by atoms with Crippen LogP contribution in [0.15, 0.2) is 17.0 Å². The molecule has 7 heteroatoms. The van der Waals surface area contributed by atoms with Crippen molar-refractivity contribution in [1.29, 1.82) is 0 Å². The lowest BCUT2D eigenvalue weighted by Gasteiger charge is -2.32. The molecule has 0 radical (unpaired) electrons. The molecule has 0 atom stereocenters. The van der Waals surface area contributed by atoms with Crippen LogP contribution in [0.2, 0.25) is 0 Å². The third-order valence-corrected chi connectivity index (χ3v) is 6.27. The van der Waals surface area contributed by atoms with Crippen LogP contribution in [0.1, 0.15) is 18.4 Å². The number of rotatable bonds is 6. The van der Waals surface area contributed by atoms with Gasteiger partial charge in [-0.2, -0.15) is 0 Å². The minimum absolute atomic E-state index is 0.398. The van der Waals surface area contributed by atoms with Gasteiger partial charge in [0.05, 0.1) is 4.90 Å². The van der Waals surface area contributed by atoms with Crippen molar-refractivity contribution in [3.63, 3.8) is 0 Å². The van der Waals surface area contributed by atoms with Gasteiger partial charge >= 0.3 is 0 Å². The summed E-state index contributed by atoms with van der Waals surface area (Å²) in [6, 6.07) is 3.63. The van der Waals surface area contributed by atoms with E-state index in [1.807, 2.05) is 6.07 Å². The van der Waals surface area contributed by atoms with Crippen molar-refractivity contribution in [1.82, 2.24) is 10.2 Å². The quantitative estimate of drug-likeness (QED) is 0.792. The zero-order valence-corrected chi connectivity index (χ0v) is 16.2. The monoisotopic (exact) mass is 366 g/mol. The molecule has 0 amide bonds. The molecule has 1 aromatic carbocycles. The molecule has 0 bridgehead atoms. The summed E-state index contributed by atoms with van der Waals surface area (Å²) in [5.74, 6) is 0. The fourth-order valence-corrected chi connectivity index (χ4v) is 4.32. The average Bonchev–Trinajstić information content (AvgIpc) is 3.09. The molecule has 2 N–H and O–H groups in total. The fraction of sp³-hybridized carbons (Fsp3) is 0.667. The second kappa shape index (κ2) is 7.93. The van der Waals surface area contributed by atoms with Crippen LogP contribution in [0.3, 0.4) is 0 Å². The maximum atomic E-state index is 12.1. The summed E-state index contributed by atoms with van der Waals surface area (Å²) in [5, 5.41) is 6.83. The first-order valence-electron chi connectivity index (χ1n) is 9.22. The third kappa shape index (κ3) is 4.65. The van der Waals surface area contributed by atoms with Gasteiger partial charge in [0.2, 0.25) is 0 Å². The molecule has 0 unspecified atom stereocenters. The lowest BCUT2D eigenvalue weighted by molar-refractivity contribution is 0.352. The van der Waals surface area contributed by atoms with Gasteiger partial charge in [0.1, 0.15) is 0 Å². The topological polar surface area (TPSA) is 64.7 Å². The predicted molar refractivity (Wildman–Crippen MR) is 104 cm³/mol. The number of sulfone groups is 1. The molecule has 0 aromatic heterocycles. The summed E-state index contributed by atoms with van der Waals surface area (Å²) in [6.07, 6.45) is 3.86. The summed E-state index contributed by atoms with van der Waals surface area (Å²) in [4.78, 5) is 5.14.